The number of nitrogens with zero attached hydrogens (tertiary/aromatic N) is 3. The molecule has 1 aliphatic rings. The number of pyridine rings is 1. The van der Waals surface area contributed by atoms with E-state index in [1.807, 2.05) is 36.4 Å². The van der Waals surface area contributed by atoms with Gasteiger partial charge in [0.05, 0.1) is 17.8 Å². The van der Waals surface area contributed by atoms with Crippen LogP contribution in [0.2, 0.25) is 0 Å². The number of thiazole rings is 1. The summed E-state index contributed by atoms with van der Waals surface area (Å²) < 4.78 is 13.5. The number of carbonyl (C=O) groups excluding carboxylic acids is 1. The van der Waals surface area contributed by atoms with Crippen LogP contribution in [0.5, 0.6) is 0 Å². The zero-order valence-corrected chi connectivity index (χ0v) is 17.0. The zero-order valence-electron chi connectivity index (χ0n) is 16.1. The minimum atomic E-state index is -0.261. The van der Waals surface area contributed by atoms with Crippen molar-refractivity contribution < 1.29 is 9.18 Å². The fourth-order valence-corrected chi connectivity index (χ4v) is 4.83. The summed E-state index contributed by atoms with van der Waals surface area (Å²) in [6, 6.07) is 16.1. The lowest BCUT2D eigenvalue weighted by Crippen LogP contribution is -2.36. The lowest BCUT2D eigenvalue weighted by molar-refractivity contribution is -0.117. The number of anilines is 1. The predicted molar refractivity (Wildman–Crippen MR) is 117 cm³/mol. The second-order valence-corrected chi connectivity index (χ2v) is 8.40. The Morgan fingerprint density at radius 1 is 1.17 bits per heavy atom. The molecule has 0 saturated heterocycles. The fraction of sp³-hybridized carbons (Fsp3) is 0.174. The second-order valence-electron chi connectivity index (χ2n) is 7.32. The molecule has 1 amide bonds. The van der Waals surface area contributed by atoms with Gasteiger partial charge in [0.2, 0.25) is 5.91 Å². The Kier molecular flexibility index (Phi) is 4.98. The van der Waals surface area contributed by atoms with Gasteiger partial charge in [0.1, 0.15) is 10.8 Å². The molecule has 5 nitrogen and oxygen atoms in total. The third kappa shape index (κ3) is 3.94. The van der Waals surface area contributed by atoms with Gasteiger partial charge in [0.25, 0.3) is 0 Å². The van der Waals surface area contributed by atoms with Crippen LogP contribution in [0.3, 0.4) is 0 Å². The first-order chi connectivity index (χ1) is 14.6. The molecule has 0 saturated carbocycles. The molecule has 4 aromatic rings. The maximum atomic E-state index is 13.5. The van der Waals surface area contributed by atoms with Crippen molar-refractivity contribution in [2.75, 3.05) is 18.4 Å². The molecule has 30 heavy (non-hydrogen) atoms. The number of hydrogen-bond donors (Lipinski definition) is 1. The highest BCUT2D eigenvalue weighted by atomic mass is 32.1. The van der Waals surface area contributed by atoms with E-state index in [4.69, 9.17) is 4.98 Å². The molecule has 0 bridgehead atoms. The van der Waals surface area contributed by atoms with Gasteiger partial charge in [-0.2, -0.15) is 0 Å². The summed E-state index contributed by atoms with van der Waals surface area (Å²) in [4.78, 5) is 24.8. The molecule has 5 rings (SSSR count). The van der Waals surface area contributed by atoms with E-state index in [-0.39, 0.29) is 11.7 Å². The highest BCUT2D eigenvalue weighted by Gasteiger charge is 2.23. The van der Waals surface area contributed by atoms with E-state index in [2.05, 4.69) is 15.2 Å². The van der Waals surface area contributed by atoms with Gasteiger partial charge in [-0.1, -0.05) is 18.2 Å². The average molecular weight is 418 g/mol. The Bertz CT molecular complexity index is 1240. The predicted octanol–water partition coefficient (Wildman–Crippen LogP) is 4.49. The number of fused-ring (bicyclic) bond motifs is 2. The van der Waals surface area contributed by atoms with Crippen molar-refractivity contribution in [1.82, 2.24) is 14.9 Å². The van der Waals surface area contributed by atoms with E-state index >= 15 is 0 Å². The van der Waals surface area contributed by atoms with Crippen molar-refractivity contribution in [3.63, 3.8) is 0 Å². The van der Waals surface area contributed by atoms with Gasteiger partial charge in [0, 0.05) is 47.2 Å². The van der Waals surface area contributed by atoms with Crippen molar-refractivity contribution in [3.8, 4) is 10.6 Å². The van der Waals surface area contributed by atoms with Crippen molar-refractivity contribution in [2.24, 2.45) is 0 Å². The van der Waals surface area contributed by atoms with Gasteiger partial charge < -0.3 is 5.32 Å². The zero-order chi connectivity index (χ0) is 20.5. The van der Waals surface area contributed by atoms with Gasteiger partial charge >= 0.3 is 0 Å². The van der Waals surface area contributed by atoms with E-state index in [0.717, 1.165) is 50.7 Å². The van der Waals surface area contributed by atoms with Crippen LogP contribution < -0.4 is 5.32 Å². The van der Waals surface area contributed by atoms with E-state index in [0.29, 0.717) is 13.1 Å². The Hall–Kier alpha value is -3.16. The Labute approximate surface area is 177 Å². The normalized spacial score (nSPS) is 13.9. The molecule has 0 atom stereocenters. The number of carbonyl (C=O) groups is 1. The number of halogens is 1. The van der Waals surface area contributed by atoms with Crippen LogP contribution >= 0.6 is 11.3 Å². The van der Waals surface area contributed by atoms with Gasteiger partial charge in [0.15, 0.2) is 0 Å². The quantitative estimate of drug-likeness (QED) is 0.530. The molecule has 2 aromatic carbocycles. The summed E-state index contributed by atoms with van der Waals surface area (Å²) in [6.07, 6.45) is 2.54. The molecule has 0 unspecified atom stereocenters. The van der Waals surface area contributed by atoms with Gasteiger partial charge in [-0.05, 0) is 36.4 Å². The second kappa shape index (κ2) is 7.93. The molecule has 0 radical (unpaired) electrons. The lowest BCUT2D eigenvalue weighted by Gasteiger charge is -2.25. The van der Waals surface area contributed by atoms with Crippen molar-refractivity contribution in [2.45, 2.75) is 13.0 Å². The van der Waals surface area contributed by atoms with Crippen molar-refractivity contribution in [1.29, 1.82) is 0 Å². The Balaban J connectivity index is 1.25. The molecular formula is C23H19FN4OS. The summed E-state index contributed by atoms with van der Waals surface area (Å²) in [5.41, 5.74) is 3.52. The van der Waals surface area contributed by atoms with Crippen molar-refractivity contribution in [3.05, 3.63) is 77.2 Å². The fourth-order valence-electron chi connectivity index (χ4n) is 3.69. The first-order valence-corrected chi connectivity index (χ1v) is 10.6. The van der Waals surface area contributed by atoms with Gasteiger partial charge in [-0.15, -0.1) is 11.3 Å². The topological polar surface area (TPSA) is 58.1 Å². The molecule has 0 fully saturated rings. The Morgan fingerprint density at radius 3 is 3.00 bits per heavy atom. The summed E-state index contributed by atoms with van der Waals surface area (Å²) in [5.74, 6) is -0.306. The first-order valence-electron chi connectivity index (χ1n) is 9.75. The minimum absolute atomic E-state index is 0.0449. The number of aromatic nitrogens is 2. The molecule has 2 aromatic heterocycles. The average Bonchev–Trinajstić information content (AvgIpc) is 3.17. The molecule has 7 heteroatoms. The maximum absolute atomic E-state index is 13.5. The van der Waals surface area contributed by atoms with Gasteiger partial charge in [-0.3, -0.25) is 14.7 Å². The molecule has 0 aliphatic carbocycles. The highest BCUT2D eigenvalue weighted by Crippen LogP contribution is 2.32. The number of hydrogen-bond acceptors (Lipinski definition) is 5. The summed E-state index contributed by atoms with van der Waals surface area (Å²) >= 11 is 1.58. The van der Waals surface area contributed by atoms with Crippen LogP contribution in [0.15, 0.2) is 60.8 Å². The van der Waals surface area contributed by atoms with E-state index in [9.17, 15) is 9.18 Å². The molecule has 0 spiro atoms. The van der Waals surface area contributed by atoms with Crippen LogP contribution in [0.25, 0.3) is 21.5 Å². The van der Waals surface area contributed by atoms with Crippen LogP contribution in [-0.4, -0.2) is 33.9 Å². The summed E-state index contributed by atoms with van der Waals surface area (Å²) in [7, 11) is 0. The Morgan fingerprint density at radius 2 is 2.10 bits per heavy atom. The molecule has 150 valence electrons. The molecule has 1 aliphatic heterocycles. The van der Waals surface area contributed by atoms with E-state index < -0.39 is 0 Å². The summed E-state index contributed by atoms with van der Waals surface area (Å²) in [6.45, 7) is 1.77. The van der Waals surface area contributed by atoms with Crippen LogP contribution in [0, 0.1) is 5.82 Å². The molecule has 1 N–H and O–H groups in total. The third-order valence-electron chi connectivity index (χ3n) is 5.14. The van der Waals surface area contributed by atoms with Crippen molar-refractivity contribution >= 4 is 33.8 Å². The number of nitrogens with one attached hydrogen (secondary N) is 1. The SMILES string of the molecule is O=C(CN1CCc2nc(-c3cccc(F)c3)sc2C1)Nc1ccc2ncccc2c1. The standard InChI is InChI=1S/C23H19FN4OS/c24-17-5-1-3-16(11-17)23-27-20-8-10-28(13-21(20)30-23)14-22(29)26-18-6-7-19-15(12-18)4-2-9-25-19/h1-7,9,11-12H,8,10,13-14H2,(H,26,29). The van der Waals surface area contributed by atoms with E-state index in [1.165, 1.54) is 12.1 Å². The largest absolute Gasteiger partial charge is 0.325 e. The minimum Gasteiger partial charge on any atom is -0.325 e. The highest BCUT2D eigenvalue weighted by molar-refractivity contribution is 7.15. The number of amides is 1. The van der Waals surface area contributed by atoms with Crippen LogP contribution in [-0.2, 0) is 17.8 Å². The monoisotopic (exact) mass is 418 g/mol. The van der Waals surface area contributed by atoms with Crippen LogP contribution in [0.4, 0.5) is 10.1 Å². The number of rotatable bonds is 4. The molecular weight excluding hydrogens is 399 g/mol. The third-order valence-corrected chi connectivity index (χ3v) is 6.27. The number of benzene rings is 2. The van der Waals surface area contributed by atoms with Crippen LogP contribution in [0.1, 0.15) is 10.6 Å². The maximum Gasteiger partial charge on any atom is 0.238 e. The lowest BCUT2D eigenvalue weighted by atomic mass is 10.1. The summed E-state index contributed by atoms with van der Waals surface area (Å²) in [5, 5.41) is 4.80. The first kappa shape index (κ1) is 18.8. The smallest absolute Gasteiger partial charge is 0.238 e. The van der Waals surface area contributed by atoms with Gasteiger partial charge in [-0.25, -0.2) is 9.37 Å². The van der Waals surface area contributed by atoms with E-state index in [1.54, 1.807) is 23.6 Å². The molecule has 3 heterocycles.